The second-order valence-corrected chi connectivity index (χ2v) is 6.68. The smallest absolute Gasteiger partial charge is 0.407 e. The van der Waals surface area contributed by atoms with Crippen LogP contribution < -0.4 is 10.6 Å². The summed E-state index contributed by atoms with van der Waals surface area (Å²) in [6, 6.07) is 4.23. The minimum absolute atomic E-state index is 0.146. The normalized spacial score (nSPS) is 12.6. The Labute approximate surface area is 138 Å². The molecule has 0 radical (unpaired) electrons. The molecule has 6 heteroatoms. The van der Waals surface area contributed by atoms with Gasteiger partial charge in [0, 0.05) is 31.9 Å². The third-order valence-corrected chi connectivity index (χ3v) is 3.72. The van der Waals surface area contributed by atoms with Crippen LogP contribution in [0.1, 0.15) is 51.1 Å². The minimum atomic E-state index is -0.492. The number of carbonyl (C=O) groups is 1. The van der Waals surface area contributed by atoms with Crippen molar-refractivity contribution in [3.8, 4) is 6.07 Å². The number of amides is 1. The SMILES string of the molecule is CCC(CNC(=O)OC(C)(C)C)NCc1cc(C#N)n(C)c1C. The average molecular weight is 320 g/mol. The number of rotatable bonds is 6. The molecule has 0 saturated heterocycles. The summed E-state index contributed by atoms with van der Waals surface area (Å²) in [5, 5.41) is 15.3. The Balaban J connectivity index is 2.52. The summed E-state index contributed by atoms with van der Waals surface area (Å²) < 4.78 is 7.12. The highest BCUT2D eigenvalue weighted by Crippen LogP contribution is 2.13. The van der Waals surface area contributed by atoms with Gasteiger partial charge in [-0.2, -0.15) is 5.26 Å². The highest BCUT2D eigenvalue weighted by Gasteiger charge is 2.17. The van der Waals surface area contributed by atoms with Crippen LogP contribution >= 0.6 is 0 Å². The minimum Gasteiger partial charge on any atom is -0.444 e. The molecule has 1 rings (SSSR count). The van der Waals surface area contributed by atoms with Crippen LogP contribution in [0.4, 0.5) is 4.79 Å². The van der Waals surface area contributed by atoms with Crippen molar-refractivity contribution in [3.63, 3.8) is 0 Å². The average Bonchev–Trinajstić information content (AvgIpc) is 2.73. The van der Waals surface area contributed by atoms with Crippen LogP contribution in [0.3, 0.4) is 0 Å². The molecule has 1 aromatic rings. The summed E-state index contributed by atoms with van der Waals surface area (Å²) in [6.07, 6.45) is 0.479. The van der Waals surface area contributed by atoms with Crippen LogP contribution in [0.2, 0.25) is 0 Å². The van der Waals surface area contributed by atoms with E-state index in [2.05, 4.69) is 23.6 Å². The molecule has 1 unspecified atom stereocenters. The third-order valence-electron chi connectivity index (χ3n) is 3.72. The molecule has 0 aromatic carbocycles. The predicted octanol–water partition coefficient (Wildman–Crippen LogP) is 2.60. The van der Waals surface area contributed by atoms with Gasteiger partial charge in [-0.1, -0.05) is 6.92 Å². The van der Waals surface area contributed by atoms with Crippen molar-refractivity contribution in [2.45, 2.75) is 59.2 Å². The predicted molar refractivity (Wildman–Crippen MR) is 90.0 cm³/mol. The van der Waals surface area contributed by atoms with Crippen molar-refractivity contribution >= 4 is 6.09 Å². The lowest BCUT2D eigenvalue weighted by atomic mass is 10.2. The molecule has 128 valence electrons. The molecule has 23 heavy (non-hydrogen) atoms. The summed E-state index contributed by atoms with van der Waals surface area (Å²) in [7, 11) is 1.89. The van der Waals surface area contributed by atoms with Crippen LogP contribution in [0, 0.1) is 18.3 Å². The van der Waals surface area contributed by atoms with Crippen LogP contribution in [-0.4, -0.2) is 28.8 Å². The van der Waals surface area contributed by atoms with Crippen molar-refractivity contribution < 1.29 is 9.53 Å². The second kappa shape index (κ2) is 8.02. The van der Waals surface area contributed by atoms with Gasteiger partial charge in [0.25, 0.3) is 0 Å². The number of ether oxygens (including phenoxy) is 1. The quantitative estimate of drug-likeness (QED) is 0.844. The van der Waals surface area contributed by atoms with E-state index in [1.54, 1.807) is 0 Å². The van der Waals surface area contributed by atoms with Gasteiger partial charge in [-0.05, 0) is 45.7 Å². The Morgan fingerprint density at radius 3 is 2.61 bits per heavy atom. The maximum Gasteiger partial charge on any atom is 0.407 e. The van der Waals surface area contributed by atoms with Crippen LogP contribution in [0.25, 0.3) is 0 Å². The van der Waals surface area contributed by atoms with Gasteiger partial charge in [-0.3, -0.25) is 0 Å². The first-order chi connectivity index (χ1) is 10.7. The van der Waals surface area contributed by atoms with Gasteiger partial charge in [0.05, 0.1) is 0 Å². The molecule has 0 spiro atoms. The first kappa shape index (κ1) is 19.0. The van der Waals surface area contributed by atoms with Gasteiger partial charge in [0.2, 0.25) is 0 Å². The van der Waals surface area contributed by atoms with E-state index in [-0.39, 0.29) is 6.04 Å². The van der Waals surface area contributed by atoms with Gasteiger partial charge >= 0.3 is 6.09 Å². The number of aromatic nitrogens is 1. The molecule has 1 aromatic heterocycles. The summed E-state index contributed by atoms with van der Waals surface area (Å²) in [5.74, 6) is 0. The first-order valence-corrected chi connectivity index (χ1v) is 7.93. The monoisotopic (exact) mass is 320 g/mol. The number of hydrogen-bond donors (Lipinski definition) is 2. The van der Waals surface area contributed by atoms with E-state index in [1.807, 2.05) is 45.4 Å². The van der Waals surface area contributed by atoms with E-state index in [1.165, 1.54) is 0 Å². The summed E-state index contributed by atoms with van der Waals surface area (Å²) >= 11 is 0. The largest absolute Gasteiger partial charge is 0.444 e. The van der Waals surface area contributed by atoms with Gasteiger partial charge in [-0.15, -0.1) is 0 Å². The molecule has 2 N–H and O–H groups in total. The molecule has 0 aliphatic rings. The Kier molecular flexibility index (Phi) is 6.64. The maximum atomic E-state index is 11.7. The van der Waals surface area contributed by atoms with Crippen molar-refractivity contribution in [2.75, 3.05) is 6.54 Å². The van der Waals surface area contributed by atoms with Crippen molar-refractivity contribution in [1.29, 1.82) is 5.26 Å². The molecule has 1 amide bonds. The lowest BCUT2D eigenvalue weighted by Gasteiger charge is -2.22. The number of nitriles is 1. The van der Waals surface area contributed by atoms with Crippen molar-refractivity contribution in [1.82, 2.24) is 15.2 Å². The molecule has 0 fully saturated rings. The standard InChI is InChI=1S/C17H28N4O2/c1-7-14(11-20-16(22)23-17(3,4)5)19-10-13-8-15(9-18)21(6)12(13)2/h8,14,19H,7,10-11H2,1-6H3,(H,20,22). The third kappa shape index (κ3) is 5.95. The highest BCUT2D eigenvalue weighted by molar-refractivity contribution is 5.67. The van der Waals surface area contributed by atoms with Crippen molar-refractivity contribution in [3.05, 3.63) is 23.0 Å². The molecule has 0 aliphatic carbocycles. The highest BCUT2D eigenvalue weighted by atomic mass is 16.6. The Bertz CT molecular complexity index is 579. The number of nitrogens with zero attached hydrogens (tertiary/aromatic N) is 2. The molecule has 0 aliphatic heterocycles. The molecular formula is C17H28N4O2. The van der Waals surface area contributed by atoms with E-state index < -0.39 is 11.7 Å². The summed E-state index contributed by atoms with van der Waals surface area (Å²) in [5.41, 5.74) is 2.33. The van der Waals surface area contributed by atoms with E-state index in [4.69, 9.17) is 10.00 Å². The zero-order valence-electron chi connectivity index (χ0n) is 15.0. The fourth-order valence-electron chi connectivity index (χ4n) is 2.18. The van der Waals surface area contributed by atoms with Crippen LogP contribution in [0.5, 0.6) is 0 Å². The van der Waals surface area contributed by atoms with E-state index >= 15 is 0 Å². The number of nitrogens with one attached hydrogen (secondary N) is 2. The lowest BCUT2D eigenvalue weighted by molar-refractivity contribution is 0.0522. The first-order valence-electron chi connectivity index (χ1n) is 7.93. The van der Waals surface area contributed by atoms with E-state index in [9.17, 15) is 4.79 Å². The van der Waals surface area contributed by atoms with E-state index in [0.29, 0.717) is 18.8 Å². The fourth-order valence-corrected chi connectivity index (χ4v) is 2.18. The Morgan fingerprint density at radius 2 is 2.13 bits per heavy atom. The van der Waals surface area contributed by atoms with Gasteiger partial charge in [0.15, 0.2) is 0 Å². The summed E-state index contributed by atoms with van der Waals surface area (Å²) in [6.45, 7) is 10.7. The topological polar surface area (TPSA) is 79.1 Å². The Hall–Kier alpha value is -2.00. The fraction of sp³-hybridized carbons (Fsp3) is 0.647. The Morgan fingerprint density at radius 1 is 1.48 bits per heavy atom. The van der Waals surface area contributed by atoms with E-state index in [0.717, 1.165) is 17.7 Å². The zero-order chi connectivity index (χ0) is 17.6. The van der Waals surface area contributed by atoms with Gasteiger partial charge in [-0.25, -0.2) is 4.79 Å². The lowest BCUT2D eigenvalue weighted by Crippen LogP contribution is -2.42. The van der Waals surface area contributed by atoms with Gasteiger partial charge < -0.3 is 19.9 Å². The molecule has 6 nitrogen and oxygen atoms in total. The van der Waals surface area contributed by atoms with Gasteiger partial charge in [0.1, 0.15) is 17.4 Å². The number of carbonyl (C=O) groups excluding carboxylic acids is 1. The molecule has 0 bridgehead atoms. The summed E-state index contributed by atoms with van der Waals surface area (Å²) in [4.78, 5) is 11.7. The molecule has 0 saturated carbocycles. The van der Waals surface area contributed by atoms with Crippen LogP contribution in [-0.2, 0) is 18.3 Å². The molecular weight excluding hydrogens is 292 g/mol. The molecule has 1 heterocycles. The number of hydrogen-bond acceptors (Lipinski definition) is 4. The van der Waals surface area contributed by atoms with Crippen LogP contribution in [0.15, 0.2) is 6.07 Å². The molecule has 1 atom stereocenters. The van der Waals surface area contributed by atoms with Crippen molar-refractivity contribution in [2.24, 2.45) is 7.05 Å². The maximum absolute atomic E-state index is 11.7. The second-order valence-electron chi connectivity index (χ2n) is 6.68. The zero-order valence-corrected chi connectivity index (χ0v) is 15.0. The number of alkyl carbamates (subject to hydrolysis) is 1.